The molecule has 1 saturated heterocycles. The average molecular weight is 349 g/mol. The van der Waals surface area contributed by atoms with Gasteiger partial charge >= 0.3 is 0 Å². The van der Waals surface area contributed by atoms with Gasteiger partial charge in [0.25, 0.3) is 0 Å². The fraction of sp³-hybridized carbons (Fsp3) is 0.350. The molecule has 0 spiro atoms. The van der Waals surface area contributed by atoms with Crippen molar-refractivity contribution in [2.24, 2.45) is 0 Å². The molecule has 0 radical (unpaired) electrons. The van der Waals surface area contributed by atoms with E-state index in [0.717, 1.165) is 55.3 Å². The van der Waals surface area contributed by atoms with E-state index in [1.54, 1.807) is 0 Å². The Hall–Kier alpha value is -2.89. The summed E-state index contributed by atoms with van der Waals surface area (Å²) in [5, 5.41) is 0. The number of aryl methyl sites for hydroxylation is 1. The molecule has 1 fully saturated rings. The number of rotatable bonds is 4. The minimum Gasteiger partial charge on any atom is -0.353 e. The van der Waals surface area contributed by atoms with Gasteiger partial charge in [-0.05, 0) is 24.3 Å². The largest absolute Gasteiger partial charge is 0.353 e. The maximum Gasteiger partial charge on any atom is 0.242 e. The molecule has 1 aliphatic rings. The molecule has 0 bridgehead atoms. The summed E-state index contributed by atoms with van der Waals surface area (Å²) in [5.74, 6) is 2.10. The zero-order valence-electron chi connectivity index (χ0n) is 15.0. The Balaban J connectivity index is 1.45. The number of hydrogen-bond donors (Lipinski definition) is 0. The van der Waals surface area contributed by atoms with Crippen LogP contribution in [0.25, 0.3) is 11.0 Å². The molecule has 4 rings (SSSR count). The molecule has 6 heteroatoms. The van der Waals surface area contributed by atoms with E-state index in [4.69, 9.17) is 0 Å². The molecule has 0 N–H and O–H groups in total. The summed E-state index contributed by atoms with van der Waals surface area (Å²) >= 11 is 0. The first-order valence-corrected chi connectivity index (χ1v) is 9.14. The van der Waals surface area contributed by atoms with Crippen molar-refractivity contribution in [2.45, 2.75) is 19.9 Å². The summed E-state index contributed by atoms with van der Waals surface area (Å²) in [7, 11) is 0. The predicted octanol–water partition coefficient (Wildman–Crippen LogP) is 2.34. The summed E-state index contributed by atoms with van der Waals surface area (Å²) in [4.78, 5) is 26.1. The standard InChI is InChI=1S/C20H23N5O/c1-2-18-22-16-7-3-4-8-17(16)25(18)15-20(26)24-13-11-23(12-14-24)19-9-5-6-10-21-19/h3-10H,2,11-15H2,1H3. The highest BCUT2D eigenvalue weighted by Gasteiger charge is 2.23. The third-order valence-corrected chi connectivity index (χ3v) is 4.95. The number of fused-ring (bicyclic) bond motifs is 1. The van der Waals surface area contributed by atoms with Crippen molar-refractivity contribution >= 4 is 22.8 Å². The van der Waals surface area contributed by atoms with Crippen molar-refractivity contribution < 1.29 is 4.79 Å². The summed E-state index contributed by atoms with van der Waals surface area (Å²) < 4.78 is 2.06. The lowest BCUT2D eigenvalue weighted by Crippen LogP contribution is -2.49. The third kappa shape index (κ3) is 3.14. The number of para-hydroxylation sites is 2. The van der Waals surface area contributed by atoms with Crippen LogP contribution in [0.1, 0.15) is 12.7 Å². The Bertz CT molecular complexity index is 897. The maximum atomic E-state index is 12.9. The number of carbonyl (C=O) groups is 1. The molecule has 26 heavy (non-hydrogen) atoms. The van der Waals surface area contributed by atoms with Crippen LogP contribution in [0.5, 0.6) is 0 Å². The number of benzene rings is 1. The van der Waals surface area contributed by atoms with E-state index >= 15 is 0 Å². The fourth-order valence-electron chi connectivity index (χ4n) is 3.53. The predicted molar refractivity (Wildman–Crippen MR) is 102 cm³/mol. The van der Waals surface area contributed by atoms with Crippen LogP contribution in [0.3, 0.4) is 0 Å². The normalized spacial score (nSPS) is 14.8. The molecule has 6 nitrogen and oxygen atoms in total. The van der Waals surface area contributed by atoms with Crippen LogP contribution in [-0.2, 0) is 17.8 Å². The lowest BCUT2D eigenvalue weighted by Gasteiger charge is -2.35. The number of aromatic nitrogens is 3. The van der Waals surface area contributed by atoms with Crippen molar-refractivity contribution in [1.29, 1.82) is 0 Å². The Kier molecular flexibility index (Phi) is 4.56. The van der Waals surface area contributed by atoms with Crippen LogP contribution >= 0.6 is 0 Å². The van der Waals surface area contributed by atoms with Crippen molar-refractivity contribution in [3.63, 3.8) is 0 Å². The molecule has 3 heterocycles. The van der Waals surface area contributed by atoms with Gasteiger partial charge in [-0.25, -0.2) is 9.97 Å². The van der Waals surface area contributed by atoms with Gasteiger partial charge in [0.2, 0.25) is 5.91 Å². The summed E-state index contributed by atoms with van der Waals surface area (Å²) in [6, 6.07) is 14.0. The van der Waals surface area contributed by atoms with E-state index in [9.17, 15) is 4.79 Å². The number of anilines is 1. The number of hydrogen-bond acceptors (Lipinski definition) is 4. The van der Waals surface area contributed by atoms with Crippen molar-refractivity contribution in [2.75, 3.05) is 31.1 Å². The Labute approximate surface area is 153 Å². The van der Waals surface area contributed by atoms with Crippen molar-refractivity contribution in [1.82, 2.24) is 19.4 Å². The van der Waals surface area contributed by atoms with Crippen LogP contribution in [0, 0.1) is 0 Å². The van der Waals surface area contributed by atoms with E-state index in [1.807, 2.05) is 53.6 Å². The van der Waals surface area contributed by atoms with Crippen LogP contribution in [0.2, 0.25) is 0 Å². The van der Waals surface area contributed by atoms with Gasteiger partial charge < -0.3 is 14.4 Å². The molecule has 1 amide bonds. The monoisotopic (exact) mass is 349 g/mol. The molecule has 134 valence electrons. The molecule has 0 unspecified atom stereocenters. The van der Waals surface area contributed by atoms with E-state index < -0.39 is 0 Å². The lowest BCUT2D eigenvalue weighted by molar-refractivity contribution is -0.132. The highest BCUT2D eigenvalue weighted by Crippen LogP contribution is 2.18. The minimum atomic E-state index is 0.156. The second kappa shape index (κ2) is 7.15. The molecule has 3 aromatic rings. The van der Waals surface area contributed by atoms with Gasteiger partial charge in [-0.2, -0.15) is 0 Å². The van der Waals surface area contributed by atoms with Gasteiger partial charge in [0.15, 0.2) is 0 Å². The number of imidazole rings is 1. The van der Waals surface area contributed by atoms with Gasteiger partial charge in [-0.1, -0.05) is 25.1 Å². The molecule has 1 aliphatic heterocycles. The maximum absolute atomic E-state index is 12.9. The molecule has 0 aliphatic carbocycles. The first kappa shape index (κ1) is 16.6. The van der Waals surface area contributed by atoms with Crippen molar-refractivity contribution in [3.8, 4) is 0 Å². The Morgan fingerprint density at radius 3 is 2.54 bits per heavy atom. The number of piperazine rings is 1. The number of amides is 1. The fourth-order valence-corrected chi connectivity index (χ4v) is 3.53. The third-order valence-electron chi connectivity index (χ3n) is 4.95. The topological polar surface area (TPSA) is 54.3 Å². The smallest absolute Gasteiger partial charge is 0.242 e. The van der Waals surface area contributed by atoms with Crippen LogP contribution in [0.15, 0.2) is 48.7 Å². The second-order valence-corrected chi connectivity index (χ2v) is 6.51. The van der Waals surface area contributed by atoms with Crippen LogP contribution in [-0.4, -0.2) is 51.5 Å². The minimum absolute atomic E-state index is 0.156. The lowest BCUT2D eigenvalue weighted by atomic mass is 10.3. The summed E-state index contributed by atoms with van der Waals surface area (Å²) in [6.45, 7) is 5.51. The molecular formula is C20H23N5O. The Morgan fingerprint density at radius 2 is 1.81 bits per heavy atom. The zero-order valence-corrected chi connectivity index (χ0v) is 15.0. The molecular weight excluding hydrogens is 326 g/mol. The number of carbonyl (C=O) groups excluding carboxylic acids is 1. The van der Waals surface area contributed by atoms with E-state index in [1.165, 1.54) is 0 Å². The molecule has 0 saturated carbocycles. The molecule has 1 aromatic carbocycles. The summed E-state index contributed by atoms with van der Waals surface area (Å²) in [5.41, 5.74) is 1.99. The average Bonchev–Trinajstić information content (AvgIpc) is 3.06. The molecule has 0 atom stereocenters. The highest BCUT2D eigenvalue weighted by atomic mass is 16.2. The quantitative estimate of drug-likeness (QED) is 0.725. The Morgan fingerprint density at radius 1 is 1.04 bits per heavy atom. The summed E-state index contributed by atoms with van der Waals surface area (Å²) in [6.07, 6.45) is 2.62. The SMILES string of the molecule is CCc1nc2ccccc2n1CC(=O)N1CCN(c2ccccn2)CC1. The van der Waals surface area contributed by atoms with E-state index in [-0.39, 0.29) is 5.91 Å². The first-order valence-electron chi connectivity index (χ1n) is 9.14. The van der Waals surface area contributed by atoms with Gasteiger partial charge in [-0.15, -0.1) is 0 Å². The van der Waals surface area contributed by atoms with Gasteiger partial charge in [0.1, 0.15) is 18.2 Å². The van der Waals surface area contributed by atoms with Gasteiger partial charge in [-0.3, -0.25) is 4.79 Å². The van der Waals surface area contributed by atoms with Gasteiger partial charge in [0, 0.05) is 38.8 Å². The molecule has 2 aromatic heterocycles. The number of pyridine rings is 1. The van der Waals surface area contributed by atoms with Crippen LogP contribution < -0.4 is 4.90 Å². The van der Waals surface area contributed by atoms with E-state index in [2.05, 4.69) is 26.4 Å². The van der Waals surface area contributed by atoms with E-state index in [0.29, 0.717) is 6.54 Å². The number of nitrogens with zero attached hydrogens (tertiary/aromatic N) is 5. The van der Waals surface area contributed by atoms with Crippen molar-refractivity contribution in [3.05, 3.63) is 54.5 Å². The van der Waals surface area contributed by atoms with Gasteiger partial charge in [0.05, 0.1) is 11.0 Å². The zero-order chi connectivity index (χ0) is 17.9. The second-order valence-electron chi connectivity index (χ2n) is 6.51. The van der Waals surface area contributed by atoms with Crippen LogP contribution in [0.4, 0.5) is 5.82 Å². The highest BCUT2D eigenvalue weighted by molar-refractivity contribution is 5.81. The first-order chi connectivity index (χ1) is 12.8.